The van der Waals surface area contributed by atoms with Crippen LogP contribution in [0.15, 0.2) is 12.1 Å². The highest BCUT2D eigenvalue weighted by molar-refractivity contribution is 5.54. The Morgan fingerprint density at radius 1 is 1.26 bits per heavy atom. The van der Waals surface area contributed by atoms with E-state index in [9.17, 15) is 0 Å². The molecule has 0 aromatic carbocycles. The van der Waals surface area contributed by atoms with Crippen molar-refractivity contribution in [1.29, 1.82) is 0 Å². The lowest BCUT2D eigenvalue weighted by molar-refractivity contribution is 0.263. The molecular formula is C15H27N3O. The second kappa shape index (κ2) is 7.22. The zero-order valence-corrected chi connectivity index (χ0v) is 12.8. The van der Waals surface area contributed by atoms with Gasteiger partial charge in [-0.05, 0) is 38.3 Å². The summed E-state index contributed by atoms with van der Waals surface area (Å²) in [5.41, 5.74) is 6.52. The fourth-order valence-corrected chi connectivity index (χ4v) is 1.84. The zero-order chi connectivity index (χ0) is 14.4. The van der Waals surface area contributed by atoms with E-state index in [0.29, 0.717) is 30.1 Å². The van der Waals surface area contributed by atoms with Gasteiger partial charge in [0.2, 0.25) is 5.88 Å². The SMILES string of the molecule is CCCN(c1ccc(N)c(OCC(C)C)n1)C(C)C. The van der Waals surface area contributed by atoms with Crippen molar-refractivity contribution >= 4 is 11.5 Å². The number of hydrogen-bond donors (Lipinski definition) is 1. The van der Waals surface area contributed by atoms with Crippen LogP contribution in [0.2, 0.25) is 0 Å². The van der Waals surface area contributed by atoms with Gasteiger partial charge in [0.25, 0.3) is 0 Å². The van der Waals surface area contributed by atoms with Gasteiger partial charge in [-0.2, -0.15) is 4.98 Å². The minimum Gasteiger partial charge on any atom is -0.476 e. The molecule has 0 amide bonds. The van der Waals surface area contributed by atoms with Gasteiger partial charge in [0.1, 0.15) is 5.82 Å². The number of nitrogens with zero attached hydrogens (tertiary/aromatic N) is 2. The molecule has 0 aliphatic heterocycles. The summed E-state index contributed by atoms with van der Waals surface area (Å²) in [6.07, 6.45) is 1.09. The summed E-state index contributed by atoms with van der Waals surface area (Å²) in [6, 6.07) is 4.25. The van der Waals surface area contributed by atoms with E-state index in [1.807, 2.05) is 12.1 Å². The molecule has 1 aromatic heterocycles. The van der Waals surface area contributed by atoms with Crippen LogP contribution in [0.25, 0.3) is 0 Å². The van der Waals surface area contributed by atoms with E-state index in [-0.39, 0.29) is 0 Å². The van der Waals surface area contributed by atoms with Gasteiger partial charge in [-0.25, -0.2) is 0 Å². The van der Waals surface area contributed by atoms with E-state index < -0.39 is 0 Å². The molecule has 0 saturated heterocycles. The van der Waals surface area contributed by atoms with Crippen LogP contribution in [0.5, 0.6) is 5.88 Å². The summed E-state index contributed by atoms with van der Waals surface area (Å²) in [5, 5.41) is 0. The molecule has 19 heavy (non-hydrogen) atoms. The minimum absolute atomic E-state index is 0.411. The molecule has 0 unspecified atom stereocenters. The van der Waals surface area contributed by atoms with Crippen LogP contribution in [0.1, 0.15) is 41.0 Å². The number of nitrogens with two attached hydrogens (primary N) is 1. The Morgan fingerprint density at radius 3 is 2.47 bits per heavy atom. The van der Waals surface area contributed by atoms with Gasteiger partial charge in [-0.3, -0.25) is 0 Å². The van der Waals surface area contributed by atoms with Crippen molar-refractivity contribution < 1.29 is 4.74 Å². The Labute approximate surface area is 117 Å². The molecule has 0 radical (unpaired) electrons. The molecule has 0 spiro atoms. The third kappa shape index (κ3) is 4.62. The summed E-state index contributed by atoms with van der Waals surface area (Å²) >= 11 is 0. The Balaban J connectivity index is 2.92. The largest absolute Gasteiger partial charge is 0.476 e. The van der Waals surface area contributed by atoms with E-state index in [0.717, 1.165) is 18.8 Å². The molecule has 4 nitrogen and oxygen atoms in total. The lowest BCUT2D eigenvalue weighted by Crippen LogP contribution is -2.32. The Bertz CT molecular complexity index is 391. The summed E-state index contributed by atoms with van der Waals surface area (Å²) < 4.78 is 5.68. The fourth-order valence-electron chi connectivity index (χ4n) is 1.84. The van der Waals surface area contributed by atoms with Crippen LogP contribution in [-0.4, -0.2) is 24.2 Å². The first-order chi connectivity index (χ1) is 8.95. The van der Waals surface area contributed by atoms with Crippen molar-refractivity contribution in [2.24, 2.45) is 5.92 Å². The average Bonchev–Trinajstić information content (AvgIpc) is 2.34. The van der Waals surface area contributed by atoms with Gasteiger partial charge in [0.15, 0.2) is 0 Å². The lowest BCUT2D eigenvalue weighted by Gasteiger charge is -2.28. The van der Waals surface area contributed by atoms with Gasteiger partial charge in [-0.15, -0.1) is 0 Å². The van der Waals surface area contributed by atoms with E-state index in [4.69, 9.17) is 10.5 Å². The van der Waals surface area contributed by atoms with Gasteiger partial charge in [0, 0.05) is 12.6 Å². The van der Waals surface area contributed by atoms with Crippen molar-refractivity contribution in [3.05, 3.63) is 12.1 Å². The summed E-state index contributed by atoms with van der Waals surface area (Å²) in [5.74, 6) is 1.94. The predicted molar refractivity (Wildman–Crippen MR) is 81.8 cm³/mol. The van der Waals surface area contributed by atoms with Crippen LogP contribution in [-0.2, 0) is 0 Å². The van der Waals surface area contributed by atoms with Crippen molar-refractivity contribution in [3.8, 4) is 5.88 Å². The van der Waals surface area contributed by atoms with Gasteiger partial charge in [-0.1, -0.05) is 20.8 Å². The van der Waals surface area contributed by atoms with E-state index in [1.54, 1.807) is 0 Å². The molecule has 1 aromatic rings. The number of ether oxygens (including phenoxy) is 1. The average molecular weight is 265 g/mol. The van der Waals surface area contributed by atoms with Crippen LogP contribution >= 0.6 is 0 Å². The fraction of sp³-hybridized carbons (Fsp3) is 0.667. The van der Waals surface area contributed by atoms with Crippen molar-refractivity contribution in [3.63, 3.8) is 0 Å². The highest BCUT2D eigenvalue weighted by atomic mass is 16.5. The minimum atomic E-state index is 0.411. The van der Waals surface area contributed by atoms with Crippen LogP contribution in [0.3, 0.4) is 0 Å². The number of hydrogen-bond acceptors (Lipinski definition) is 4. The number of anilines is 2. The van der Waals surface area contributed by atoms with Crippen LogP contribution in [0.4, 0.5) is 11.5 Å². The van der Waals surface area contributed by atoms with E-state index in [1.165, 1.54) is 0 Å². The number of rotatable bonds is 7. The Kier molecular flexibility index (Phi) is 5.93. The van der Waals surface area contributed by atoms with Gasteiger partial charge < -0.3 is 15.4 Å². The Hall–Kier alpha value is -1.45. The maximum atomic E-state index is 5.92. The lowest BCUT2D eigenvalue weighted by atomic mass is 10.2. The number of nitrogen functional groups attached to an aromatic ring is 1. The monoisotopic (exact) mass is 265 g/mol. The second-order valence-electron chi connectivity index (χ2n) is 5.56. The van der Waals surface area contributed by atoms with Crippen molar-refractivity contribution in [2.45, 2.75) is 47.1 Å². The zero-order valence-electron chi connectivity index (χ0n) is 12.8. The summed E-state index contributed by atoms with van der Waals surface area (Å²) in [4.78, 5) is 6.83. The maximum Gasteiger partial charge on any atom is 0.239 e. The quantitative estimate of drug-likeness (QED) is 0.821. The van der Waals surface area contributed by atoms with Crippen LogP contribution < -0.4 is 15.4 Å². The maximum absolute atomic E-state index is 5.92. The van der Waals surface area contributed by atoms with Crippen LogP contribution in [0, 0.1) is 5.92 Å². The number of aromatic nitrogens is 1. The molecule has 0 saturated carbocycles. The molecule has 0 fully saturated rings. The molecule has 1 heterocycles. The van der Waals surface area contributed by atoms with E-state index >= 15 is 0 Å². The highest BCUT2D eigenvalue weighted by Crippen LogP contribution is 2.24. The molecule has 1 rings (SSSR count). The standard InChI is InChI=1S/C15H27N3O/c1-6-9-18(12(4)5)14-8-7-13(16)15(17-14)19-10-11(2)3/h7-8,11-12H,6,9-10,16H2,1-5H3. The Morgan fingerprint density at radius 2 is 1.95 bits per heavy atom. The van der Waals surface area contributed by atoms with Gasteiger partial charge in [0.05, 0.1) is 12.3 Å². The van der Waals surface area contributed by atoms with Crippen molar-refractivity contribution in [1.82, 2.24) is 4.98 Å². The topological polar surface area (TPSA) is 51.4 Å². The molecule has 0 aliphatic carbocycles. The normalized spacial score (nSPS) is 11.1. The molecule has 0 atom stereocenters. The first-order valence-electron chi connectivity index (χ1n) is 7.11. The molecule has 0 bridgehead atoms. The van der Waals surface area contributed by atoms with E-state index in [2.05, 4.69) is 44.5 Å². The predicted octanol–water partition coefficient (Wildman–Crippen LogP) is 3.32. The molecule has 4 heteroatoms. The van der Waals surface area contributed by atoms with Gasteiger partial charge >= 0.3 is 0 Å². The molecule has 2 N–H and O–H groups in total. The molecule has 108 valence electrons. The third-order valence-corrected chi connectivity index (χ3v) is 2.81. The number of pyridine rings is 1. The first kappa shape index (κ1) is 15.6. The summed E-state index contributed by atoms with van der Waals surface area (Å²) in [7, 11) is 0. The first-order valence-corrected chi connectivity index (χ1v) is 7.11. The smallest absolute Gasteiger partial charge is 0.239 e. The highest BCUT2D eigenvalue weighted by Gasteiger charge is 2.13. The molecule has 0 aliphatic rings. The second-order valence-corrected chi connectivity index (χ2v) is 5.56. The van der Waals surface area contributed by atoms with Crippen molar-refractivity contribution in [2.75, 3.05) is 23.8 Å². The molecular weight excluding hydrogens is 238 g/mol. The third-order valence-electron chi connectivity index (χ3n) is 2.81. The summed E-state index contributed by atoms with van der Waals surface area (Å²) in [6.45, 7) is 12.3.